The van der Waals surface area contributed by atoms with Crippen molar-refractivity contribution in [2.75, 3.05) is 6.54 Å². The molecule has 3 nitrogen and oxygen atoms in total. The molecule has 1 heterocycles. The second kappa shape index (κ2) is 5.42. The van der Waals surface area contributed by atoms with Crippen LogP contribution in [0.15, 0.2) is 12.4 Å². The highest BCUT2D eigenvalue weighted by molar-refractivity contribution is 5.15. The summed E-state index contributed by atoms with van der Waals surface area (Å²) in [6.07, 6.45) is 13.1. The minimum absolute atomic E-state index is 0.536. The van der Waals surface area contributed by atoms with Gasteiger partial charge in [0.05, 0.1) is 6.20 Å². The Labute approximate surface area is 128 Å². The predicted molar refractivity (Wildman–Crippen MR) is 84.8 cm³/mol. The molecule has 4 saturated carbocycles. The summed E-state index contributed by atoms with van der Waals surface area (Å²) in [6.45, 7) is 3.40. The number of nitrogens with zero attached hydrogens (tertiary/aromatic N) is 2. The first-order valence-corrected chi connectivity index (χ1v) is 8.96. The molecular weight excluding hydrogens is 258 g/mol. The Morgan fingerprint density at radius 1 is 1.19 bits per heavy atom. The maximum atomic E-state index is 4.43. The van der Waals surface area contributed by atoms with E-state index < -0.39 is 0 Å². The van der Waals surface area contributed by atoms with Gasteiger partial charge in [0.15, 0.2) is 0 Å². The standard InChI is InChI=1S/C18H29N3/c1-3-4-19-18(16-10-20-21(2)11-16)17-14-6-12-5-13(8-14)9-15(17)7-12/h10-15,17-19H,3-9H2,1-2H3. The van der Waals surface area contributed by atoms with E-state index in [1.165, 1.54) is 37.7 Å². The molecule has 1 N–H and O–H groups in total. The molecule has 0 aliphatic heterocycles. The Balaban J connectivity index is 1.60. The third kappa shape index (κ3) is 2.44. The summed E-state index contributed by atoms with van der Waals surface area (Å²) in [4.78, 5) is 0. The average Bonchev–Trinajstić information content (AvgIpc) is 2.87. The van der Waals surface area contributed by atoms with Crippen LogP contribution < -0.4 is 5.32 Å². The van der Waals surface area contributed by atoms with Crippen molar-refractivity contribution < 1.29 is 0 Å². The first-order chi connectivity index (χ1) is 10.2. The highest BCUT2D eigenvalue weighted by Gasteiger charge is 2.50. The maximum absolute atomic E-state index is 4.43. The number of aromatic nitrogens is 2. The number of hydrogen-bond acceptors (Lipinski definition) is 2. The fourth-order valence-corrected chi connectivity index (χ4v) is 5.89. The van der Waals surface area contributed by atoms with Crippen molar-refractivity contribution in [3.8, 4) is 0 Å². The van der Waals surface area contributed by atoms with Crippen LogP contribution in [0.1, 0.15) is 57.1 Å². The lowest BCUT2D eigenvalue weighted by molar-refractivity contribution is -0.0525. The molecule has 0 aromatic carbocycles. The molecule has 4 bridgehead atoms. The molecule has 116 valence electrons. The molecule has 0 saturated heterocycles. The van der Waals surface area contributed by atoms with E-state index in [1.807, 2.05) is 11.7 Å². The molecule has 4 fully saturated rings. The smallest absolute Gasteiger partial charge is 0.0537 e. The first kappa shape index (κ1) is 13.8. The highest BCUT2D eigenvalue weighted by atomic mass is 15.2. The lowest BCUT2D eigenvalue weighted by Crippen LogP contribution is -2.49. The van der Waals surface area contributed by atoms with Crippen molar-refractivity contribution in [1.82, 2.24) is 15.1 Å². The number of nitrogens with one attached hydrogen (secondary N) is 1. The highest BCUT2D eigenvalue weighted by Crippen LogP contribution is 2.59. The molecule has 0 radical (unpaired) electrons. The molecule has 21 heavy (non-hydrogen) atoms. The zero-order valence-corrected chi connectivity index (χ0v) is 13.5. The molecule has 1 aromatic rings. The fraction of sp³-hybridized carbons (Fsp3) is 0.833. The number of aryl methyl sites for hydroxylation is 1. The maximum Gasteiger partial charge on any atom is 0.0537 e. The third-order valence-electron chi connectivity index (χ3n) is 6.38. The van der Waals surface area contributed by atoms with E-state index in [4.69, 9.17) is 0 Å². The van der Waals surface area contributed by atoms with Crippen molar-refractivity contribution in [3.05, 3.63) is 18.0 Å². The van der Waals surface area contributed by atoms with Crippen LogP contribution in [0.3, 0.4) is 0 Å². The van der Waals surface area contributed by atoms with Crippen LogP contribution in [-0.4, -0.2) is 16.3 Å². The van der Waals surface area contributed by atoms with Gasteiger partial charge >= 0.3 is 0 Å². The van der Waals surface area contributed by atoms with Crippen molar-refractivity contribution >= 4 is 0 Å². The number of hydrogen-bond donors (Lipinski definition) is 1. The van der Waals surface area contributed by atoms with Gasteiger partial charge in [0.1, 0.15) is 0 Å². The van der Waals surface area contributed by atoms with Gasteiger partial charge in [-0.3, -0.25) is 4.68 Å². The van der Waals surface area contributed by atoms with Gasteiger partial charge in [0.25, 0.3) is 0 Å². The summed E-state index contributed by atoms with van der Waals surface area (Å²) in [5.41, 5.74) is 1.42. The van der Waals surface area contributed by atoms with Crippen molar-refractivity contribution in [3.63, 3.8) is 0 Å². The first-order valence-electron chi connectivity index (χ1n) is 8.96. The zero-order chi connectivity index (χ0) is 14.4. The van der Waals surface area contributed by atoms with Gasteiger partial charge in [-0.1, -0.05) is 6.92 Å². The Bertz CT molecular complexity index is 464. The number of rotatable bonds is 5. The van der Waals surface area contributed by atoms with Gasteiger partial charge in [-0.2, -0.15) is 5.10 Å². The van der Waals surface area contributed by atoms with Crippen molar-refractivity contribution in [2.24, 2.45) is 36.6 Å². The third-order valence-corrected chi connectivity index (χ3v) is 6.38. The summed E-state index contributed by atoms with van der Waals surface area (Å²) in [5, 5.41) is 8.31. The van der Waals surface area contributed by atoms with Crippen LogP contribution in [-0.2, 0) is 7.05 Å². The quantitative estimate of drug-likeness (QED) is 0.898. The van der Waals surface area contributed by atoms with E-state index in [9.17, 15) is 0 Å². The van der Waals surface area contributed by atoms with E-state index in [-0.39, 0.29) is 0 Å². The Morgan fingerprint density at radius 3 is 2.38 bits per heavy atom. The molecule has 4 aliphatic rings. The van der Waals surface area contributed by atoms with Gasteiger partial charge in [0, 0.05) is 24.8 Å². The van der Waals surface area contributed by atoms with E-state index >= 15 is 0 Å². The van der Waals surface area contributed by atoms with Gasteiger partial charge in [-0.15, -0.1) is 0 Å². The summed E-state index contributed by atoms with van der Waals surface area (Å²) in [7, 11) is 2.04. The topological polar surface area (TPSA) is 29.9 Å². The molecular formula is C18H29N3. The minimum Gasteiger partial charge on any atom is -0.310 e. The predicted octanol–water partition coefficient (Wildman–Crippen LogP) is 3.53. The monoisotopic (exact) mass is 287 g/mol. The minimum atomic E-state index is 0.536. The molecule has 4 aliphatic carbocycles. The normalized spacial score (nSPS) is 38.9. The van der Waals surface area contributed by atoms with Gasteiger partial charge in [-0.25, -0.2) is 0 Å². The molecule has 3 heteroatoms. The van der Waals surface area contributed by atoms with Crippen LogP contribution in [0.5, 0.6) is 0 Å². The molecule has 0 spiro atoms. The average molecular weight is 287 g/mol. The fourth-order valence-electron chi connectivity index (χ4n) is 5.89. The summed E-state index contributed by atoms with van der Waals surface area (Å²) >= 11 is 0. The van der Waals surface area contributed by atoms with Crippen molar-refractivity contribution in [2.45, 2.75) is 51.5 Å². The zero-order valence-electron chi connectivity index (χ0n) is 13.5. The van der Waals surface area contributed by atoms with E-state index in [0.29, 0.717) is 6.04 Å². The summed E-state index contributed by atoms with van der Waals surface area (Å²) in [5.74, 6) is 4.91. The molecule has 1 atom stereocenters. The molecule has 0 amide bonds. The summed E-state index contributed by atoms with van der Waals surface area (Å²) in [6, 6.07) is 0.536. The largest absolute Gasteiger partial charge is 0.310 e. The van der Waals surface area contributed by atoms with Crippen LogP contribution >= 0.6 is 0 Å². The van der Waals surface area contributed by atoms with Gasteiger partial charge in [-0.05, 0) is 74.7 Å². The Kier molecular flexibility index (Phi) is 3.56. The van der Waals surface area contributed by atoms with Crippen LogP contribution in [0.2, 0.25) is 0 Å². The van der Waals surface area contributed by atoms with Crippen LogP contribution in [0, 0.1) is 29.6 Å². The second-order valence-electron chi connectivity index (χ2n) is 7.89. The van der Waals surface area contributed by atoms with Gasteiger partial charge in [0.2, 0.25) is 0 Å². The Hall–Kier alpha value is -0.830. The van der Waals surface area contributed by atoms with E-state index in [1.54, 1.807) is 6.42 Å². The summed E-state index contributed by atoms with van der Waals surface area (Å²) < 4.78 is 1.96. The van der Waals surface area contributed by atoms with Crippen molar-refractivity contribution in [1.29, 1.82) is 0 Å². The molecule has 5 rings (SSSR count). The molecule has 1 aromatic heterocycles. The lowest BCUT2D eigenvalue weighted by Gasteiger charge is -2.56. The second-order valence-corrected chi connectivity index (χ2v) is 7.89. The van der Waals surface area contributed by atoms with E-state index in [0.717, 1.165) is 36.1 Å². The van der Waals surface area contributed by atoms with Gasteiger partial charge < -0.3 is 5.32 Å². The van der Waals surface area contributed by atoms with Crippen LogP contribution in [0.25, 0.3) is 0 Å². The van der Waals surface area contributed by atoms with Crippen LogP contribution in [0.4, 0.5) is 0 Å². The SMILES string of the molecule is CCCNC(c1cnn(C)c1)C1C2CC3CC(C2)CC1C3. The molecule has 1 unspecified atom stereocenters. The van der Waals surface area contributed by atoms with E-state index in [2.05, 4.69) is 29.7 Å². The lowest BCUT2D eigenvalue weighted by atomic mass is 9.50. The Morgan fingerprint density at radius 2 is 1.86 bits per heavy atom.